The number of rotatable bonds is 3. The molecule has 0 radical (unpaired) electrons. The third-order valence-electron chi connectivity index (χ3n) is 2.71. The topological polar surface area (TPSA) is 38.0 Å². The molecule has 0 heterocycles. The van der Waals surface area contributed by atoms with E-state index in [4.69, 9.17) is 17.3 Å². The molecule has 0 saturated carbocycles. The minimum atomic E-state index is 0.165. The van der Waals surface area contributed by atoms with Gasteiger partial charge in [0.1, 0.15) is 0 Å². The highest BCUT2D eigenvalue weighted by Crippen LogP contribution is 2.31. The second kappa shape index (κ2) is 5.11. The molecule has 3 heteroatoms. The highest BCUT2D eigenvalue weighted by atomic mass is 35.5. The van der Waals surface area contributed by atoms with Gasteiger partial charge in [0.15, 0.2) is 0 Å². The maximum atomic E-state index is 6.12. The van der Waals surface area contributed by atoms with Gasteiger partial charge >= 0.3 is 0 Å². The Morgan fingerprint density at radius 1 is 1.06 bits per heavy atom. The third kappa shape index (κ3) is 2.71. The summed E-state index contributed by atoms with van der Waals surface area (Å²) in [5.74, 6) is 0. The van der Waals surface area contributed by atoms with Crippen LogP contribution in [0.15, 0.2) is 48.5 Å². The van der Waals surface area contributed by atoms with Gasteiger partial charge in [-0.15, -0.1) is 0 Å². The molecule has 0 aliphatic heterocycles. The predicted molar refractivity (Wildman–Crippen MR) is 74.3 cm³/mol. The lowest BCUT2D eigenvalue weighted by molar-refractivity contribution is 0.885. The van der Waals surface area contributed by atoms with E-state index < -0.39 is 0 Å². The molecule has 0 aromatic heterocycles. The van der Waals surface area contributed by atoms with E-state index in [1.807, 2.05) is 36.4 Å². The Morgan fingerprint density at radius 2 is 1.76 bits per heavy atom. The van der Waals surface area contributed by atoms with Crippen LogP contribution < -0.4 is 11.1 Å². The van der Waals surface area contributed by atoms with E-state index in [1.54, 1.807) is 0 Å². The first kappa shape index (κ1) is 11.8. The monoisotopic (exact) mass is 246 g/mol. The molecule has 2 aromatic carbocycles. The number of nitrogens with two attached hydrogens (primary N) is 1. The quantitative estimate of drug-likeness (QED) is 0.801. The first-order valence-electron chi connectivity index (χ1n) is 5.54. The first-order chi connectivity index (χ1) is 8.18. The molecular formula is C14H15ClN2. The Hall–Kier alpha value is -1.67. The number of nitrogen functional groups attached to an aromatic ring is 1. The van der Waals surface area contributed by atoms with E-state index in [1.165, 1.54) is 5.56 Å². The van der Waals surface area contributed by atoms with Crippen molar-refractivity contribution in [2.45, 2.75) is 13.0 Å². The number of hydrogen-bond donors (Lipinski definition) is 2. The molecule has 0 amide bonds. The van der Waals surface area contributed by atoms with Crippen LogP contribution >= 0.6 is 11.6 Å². The van der Waals surface area contributed by atoms with Crippen LogP contribution in [0.1, 0.15) is 18.5 Å². The minimum absolute atomic E-state index is 0.165. The van der Waals surface area contributed by atoms with Crippen LogP contribution in [0, 0.1) is 0 Å². The standard InChI is InChI=1S/C14H15ClN2/c1-10(11-6-3-2-4-7-11)17-14-12(15)8-5-9-13(14)16/h2-10,17H,16H2,1H3. The molecule has 0 saturated heterocycles. The summed E-state index contributed by atoms with van der Waals surface area (Å²) in [5, 5.41) is 3.98. The highest BCUT2D eigenvalue weighted by Gasteiger charge is 2.09. The zero-order valence-corrected chi connectivity index (χ0v) is 10.4. The number of para-hydroxylation sites is 1. The molecule has 2 rings (SSSR count). The molecule has 0 bridgehead atoms. The summed E-state index contributed by atoms with van der Waals surface area (Å²) in [7, 11) is 0. The average molecular weight is 247 g/mol. The Bertz CT molecular complexity index is 477. The van der Waals surface area contributed by atoms with E-state index in [-0.39, 0.29) is 6.04 Å². The maximum absolute atomic E-state index is 6.12. The van der Waals surface area contributed by atoms with Gasteiger partial charge in [0.2, 0.25) is 0 Å². The number of benzene rings is 2. The van der Waals surface area contributed by atoms with Crippen molar-refractivity contribution in [3.05, 3.63) is 59.1 Å². The van der Waals surface area contributed by atoms with Gasteiger partial charge in [-0.3, -0.25) is 0 Å². The van der Waals surface area contributed by atoms with Gasteiger partial charge in [-0.25, -0.2) is 0 Å². The lowest BCUT2D eigenvalue weighted by atomic mass is 10.1. The van der Waals surface area contributed by atoms with E-state index in [2.05, 4.69) is 24.4 Å². The fraction of sp³-hybridized carbons (Fsp3) is 0.143. The van der Waals surface area contributed by atoms with Crippen LogP contribution in [0.2, 0.25) is 5.02 Å². The molecule has 17 heavy (non-hydrogen) atoms. The number of anilines is 2. The van der Waals surface area contributed by atoms with Gasteiger partial charge in [0.25, 0.3) is 0 Å². The van der Waals surface area contributed by atoms with Crippen molar-refractivity contribution in [1.29, 1.82) is 0 Å². The summed E-state index contributed by atoms with van der Waals surface area (Å²) in [6.45, 7) is 2.08. The minimum Gasteiger partial charge on any atom is -0.397 e. The van der Waals surface area contributed by atoms with Crippen LogP contribution in [-0.4, -0.2) is 0 Å². The molecule has 0 aliphatic carbocycles. The Kier molecular flexibility index (Phi) is 3.55. The average Bonchev–Trinajstić information content (AvgIpc) is 2.35. The smallest absolute Gasteiger partial charge is 0.0767 e. The number of nitrogens with one attached hydrogen (secondary N) is 1. The lowest BCUT2D eigenvalue weighted by Crippen LogP contribution is -2.08. The van der Waals surface area contributed by atoms with E-state index in [0.717, 1.165) is 5.69 Å². The predicted octanol–water partition coefficient (Wildman–Crippen LogP) is 4.10. The molecule has 88 valence electrons. The highest BCUT2D eigenvalue weighted by molar-refractivity contribution is 6.33. The normalized spacial score (nSPS) is 12.1. The molecule has 2 aromatic rings. The van der Waals surface area contributed by atoms with E-state index in [0.29, 0.717) is 10.7 Å². The van der Waals surface area contributed by atoms with E-state index in [9.17, 15) is 0 Å². The van der Waals surface area contributed by atoms with Crippen molar-refractivity contribution in [2.75, 3.05) is 11.1 Å². The second-order valence-corrected chi connectivity index (χ2v) is 4.39. The van der Waals surface area contributed by atoms with E-state index >= 15 is 0 Å². The van der Waals surface area contributed by atoms with Gasteiger partial charge in [-0.05, 0) is 24.6 Å². The van der Waals surface area contributed by atoms with Crippen molar-refractivity contribution in [2.24, 2.45) is 0 Å². The molecule has 0 aliphatic rings. The maximum Gasteiger partial charge on any atom is 0.0767 e. The fourth-order valence-corrected chi connectivity index (χ4v) is 1.97. The van der Waals surface area contributed by atoms with Crippen LogP contribution in [0.4, 0.5) is 11.4 Å². The van der Waals surface area contributed by atoms with Crippen LogP contribution in [0.25, 0.3) is 0 Å². The summed E-state index contributed by atoms with van der Waals surface area (Å²) < 4.78 is 0. The van der Waals surface area contributed by atoms with Crippen LogP contribution in [-0.2, 0) is 0 Å². The van der Waals surface area contributed by atoms with Crippen molar-refractivity contribution in [1.82, 2.24) is 0 Å². The van der Waals surface area contributed by atoms with Gasteiger partial charge in [0.05, 0.1) is 16.4 Å². The van der Waals surface area contributed by atoms with Crippen molar-refractivity contribution in [3.63, 3.8) is 0 Å². The molecular weight excluding hydrogens is 232 g/mol. The molecule has 1 atom stereocenters. The molecule has 1 unspecified atom stereocenters. The largest absolute Gasteiger partial charge is 0.397 e. The van der Waals surface area contributed by atoms with Gasteiger partial charge in [0, 0.05) is 6.04 Å². The van der Waals surface area contributed by atoms with Crippen molar-refractivity contribution in [3.8, 4) is 0 Å². The Morgan fingerprint density at radius 3 is 2.41 bits per heavy atom. The fourth-order valence-electron chi connectivity index (χ4n) is 1.73. The first-order valence-corrected chi connectivity index (χ1v) is 5.92. The summed E-state index contributed by atoms with van der Waals surface area (Å²) in [4.78, 5) is 0. The summed E-state index contributed by atoms with van der Waals surface area (Å²) in [6, 6.07) is 15.9. The number of halogens is 1. The lowest BCUT2D eigenvalue weighted by Gasteiger charge is -2.18. The van der Waals surface area contributed by atoms with Crippen LogP contribution in [0.5, 0.6) is 0 Å². The zero-order valence-electron chi connectivity index (χ0n) is 9.65. The molecule has 2 nitrogen and oxygen atoms in total. The third-order valence-corrected chi connectivity index (χ3v) is 3.02. The molecule has 0 fully saturated rings. The van der Waals surface area contributed by atoms with Crippen LogP contribution in [0.3, 0.4) is 0 Å². The number of hydrogen-bond acceptors (Lipinski definition) is 2. The van der Waals surface area contributed by atoms with Crippen molar-refractivity contribution < 1.29 is 0 Å². The molecule has 0 spiro atoms. The summed E-state index contributed by atoms with van der Waals surface area (Å²) in [5.41, 5.74) is 8.57. The second-order valence-electron chi connectivity index (χ2n) is 3.98. The van der Waals surface area contributed by atoms with Crippen molar-refractivity contribution >= 4 is 23.0 Å². The summed E-state index contributed by atoms with van der Waals surface area (Å²) >= 11 is 6.12. The Balaban J connectivity index is 2.22. The zero-order chi connectivity index (χ0) is 12.3. The molecule has 3 N–H and O–H groups in total. The van der Waals surface area contributed by atoms with Gasteiger partial charge in [-0.1, -0.05) is 48.0 Å². The SMILES string of the molecule is CC(Nc1c(N)cccc1Cl)c1ccccc1. The van der Waals surface area contributed by atoms with Gasteiger partial charge in [-0.2, -0.15) is 0 Å². The van der Waals surface area contributed by atoms with Gasteiger partial charge < -0.3 is 11.1 Å². The Labute approximate surface area is 106 Å². The summed E-state index contributed by atoms with van der Waals surface area (Å²) in [6.07, 6.45) is 0.